The van der Waals surface area contributed by atoms with Gasteiger partial charge in [-0.05, 0) is 67.0 Å². The van der Waals surface area contributed by atoms with E-state index in [9.17, 15) is 14.0 Å². The Morgan fingerprint density at radius 2 is 1.76 bits per heavy atom. The SMILES string of the molecule is C[C@H]1CN(C(=O)Cc2ccc(F)c(B3OC(C)(C)C(C)(C)O3)c2)CCN1C(=O)OC(C)(C)C. The van der Waals surface area contributed by atoms with E-state index in [1.807, 2.05) is 55.4 Å². The Morgan fingerprint density at radius 3 is 2.30 bits per heavy atom. The van der Waals surface area contributed by atoms with Crippen molar-refractivity contribution in [3.05, 3.63) is 29.6 Å². The maximum Gasteiger partial charge on any atom is 0.497 e. The molecule has 9 heteroatoms. The van der Waals surface area contributed by atoms with E-state index in [0.717, 1.165) is 0 Å². The molecule has 2 amide bonds. The zero-order chi connectivity index (χ0) is 24.8. The van der Waals surface area contributed by atoms with Gasteiger partial charge in [0.05, 0.1) is 17.6 Å². The summed E-state index contributed by atoms with van der Waals surface area (Å²) in [6.07, 6.45) is -0.237. The third-order valence-electron chi connectivity index (χ3n) is 6.53. The number of hydrogen-bond acceptors (Lipinski definition) is 5. The third kappa shape index (κ3) is 5.69. The molecule has 33 heavy (non-hydrogen) atoms. The number of carbonyl (C=O) groups is 2. The Bertz CT molecular complexity index is 899. The first-order valence-corrected chi connectivity index (χ1v) is 11.5. The van der Waals surface area contributed by atoms with E-state index in [-0.39, 0.29) is 24.5 Å². The van der Waals surface area contributed by atoms with E-state index in [1.165, 1.54) is 6.07 Å². The normalized spacial score (nSPS) is 22.5. The van der Waals surface area contributed by atoms with Crippen molar-refractivity contribution in [2.24, 2.45) is 0 Å². The standard InChI is InChI=1S/C24H36BFN2O5/c1-16-15-27(11-12-28(16)21(30)31-22(2,3)4)20(29)14-17-9-10-19(26)18(13-17)25-32-23(5,6)24(7,8)33-25/h9-10,13,16H,11-12,14-15H2,1-8H3/t16-/m0/s1. The van der Waals surface area contributed by atoms with Gasteiger partial charge in [-0.15, -0.1) is 0 Å². The maximum atomic E-state index is 14.6. The fourth-order valence-electron chi connectivity index (χ4n) is 3.92. The third-order valence-corrected chi connectivity index (χ3v) is 6.53. The van der Waals surface area contributed by atoms with E-state index in [0.29, 0.717) is 30.7 Å². The molecule has 2 aliphatic rings. The highest BCUT2D eigenvalue weighted by Crippen LogP contribution is 2.36. The number of amides is 2. The van der Waals surface area contributed by atoms with Gasteiger partial charge in [0.1, 0.15) is 11.4 Å². The number of ether oxygens (including phenoxy) is 1. The lowest BCUT2D eigenvalue weighted by molar-refractivity contribution is -0.133. The number of carbonyl (C=O) groups excluding carboxylic acids is 2. The van der Waals surface area contributed by atoms with Crippen molar-refractivity contribution in [2.75, 3.05) is 19.6 Å². The molecule has 1 atom stereocenters. The molecule has 182 valence electrons. The molecule has 1 aromatic carbocycles. The Kier molecular flexibility index (Phi) is 6.88. The molecule has 2 heterocycles. The monoisotopic (exact) mass is 462 g/mol. The van der Waals surface area contributed by atoms with Crippen LogP contribution in [-0.2, 0) is 25.3 Å². The van der Waals surface area contributed by atoms with Gasteiger partial charge in [0, 0.05) is 31.1 Å². The second kappa shape index (κ2) is 8.91. The summed E-state index contributed by atoms with van der Waals surface area (Å²) in [6, 6.07) is 4.45. The van der Waals surface area contributed by atoms with Gasteiger partial charge in [0.25, 0.3) is 0 Å². The van der Waals surface area contributed by atoms with Gasteiger partial charge in [-0.25, -0.2) is 9.18 Å². The molecular weight excluding hydrogens is 426 g/mol. The molecular formula is C24H36BFN2O5. The molecule has 0 spiro atoms. The number of hydrogen-bond donors (Lipinski definition) is 0. The Morgan fingerprint density at radius 1 is 1.15 bits per heavy atom. The minimum Gasteiger partial charge on any atom is -0.444 e. The van der Waals surface area contributed by atoms with Crippen molar-refractivity contribution in [3.63, 3.8) is 0 Å². The van der Waals surface area contributed by atoms with E-state index in [1.54, 1.807) is 21.9 Å². The van der Waals surface area contributed by atoms with Crippen LogP contribution in [0.3, 0.4) is 0 Å². The molecule has 0 radical (unpaired) electrons. The predicted octanol–water partition coefficient (Wildman–Crippen LogP) is 3.14. The first-order valence-electron chi connectivity index (χ1n) is 11.5. The highest BCUT2D eigenvalue weighted by Gasteiger charge is 2.52. The smallest absolute Gasteiger partial charge is 0.444 e. The van der Waals surface area contributed by atoms with E-state index < -0.39 is 29.7 Å². The second-order valence-electron chi connectivity index (χ2n) is 11.0. The van der Waals surface area contributed by atoms with Crippen LogP contribution in [0, 0.1) is 5.82 Å². The van der Waals surface area contributed by atoms with Crippen molar-refractivity contribution >= 4 is 24.6 Å². The lowest BCUT2D eigenvalue weighted by atomic mass is 9.77. The van der Waals surface area contributed by atoms with Crippen LogP contribution in [0.25, 0.3) is 0 Å². The molecule has 0 unspecified atom stereocenters. The fraction of sp³-hybridized carbons (Fsp3) is 0.667. The zero-order valence-electron chi connectivity index (χ0n) is 21.0. The first-order chi connectivity index (χ1) is 15.1. The van der Waals surface area contributed by atoms with Gasteiger partial charge in [-0.2, -0.15) is 0 Å². The van der Waals surface area contributed by atoms with Crippen molar-refractivity contribution in [1.29, 1.82) is 0 Å². The van der Waals surface area contributed by atoms with Gasteiger partial charge >= 0.3 is 13.2 Å². The summed E-state index contributed by atoms with van der Waals surface area (Å²) in [5.74, 6) is -0.499. The zero-order valence-corrected chi connectivity index (χ0v) is 21.0. The molecule has 0 bridgehead atoms. The van der Waals surface area contributed by atoms with Gasteiger partial charge in [-0.1, -0.05) is 12.1 Å². The fourth-order valence-corrected chi connectivity index (χ4v) is 3.92. The number of rotatable bonds is 3. The average molecular weight is 462 g/mol. The molecule has 1 aromatic rings. The molecule has 0 N–H and O–H groups in total. The first kappa shape index (κ1) is 25.5. The number of piperazine rings is 1. The quantitative estimate of drug-likeness (QED) is 0.646. The lowest BCUT2D eigenvalue weighted by Gasteiger charge is -2.40. The summed E-state index contributed by atoms with van der Waals surface area (Å²) in [6.45, 7) is 16.3. The van der Waals surface area contributed by atoms with Crippen molar-refractivity contribution < 1.29 is 28.0 Å². The van der Waals surface area contributed by atoms with Crippen molar-refractivity contribution in [1.82, 2.24) is 9.80 Å². The van der Waals surface area contributed by atoms with Crippen LogP contribution in [0.5, 0.6) is 0 Å². The van der Waals surface area contributed by atoms with E-state index in [2.05, 4.69) is 0 Å². The summed E-state index contributed by atoms with van der Waals surface area (Å²) >= 11 is 0. The minimum atomic E-state index is -0.831. The molecule has 0 aliphatic carbocycles. The topological polar surface area (TPSA) is 68.3 Å². The molecule has 3 rings (SSSR count). The Balaban J connectivity index is 1.65. The Hall–Kier alpha value is -2.13. The van der Waals surface area contributed by atoms with Crippen LogP contribution in [0.4, 0.5) is 9.18 Å². The van der Waals surface area contributed by atoms with Crippen LogP contribution in [-0.4, -0.2) is 71.4 Å². The number of halogens is 1. The predicted molar refractivity (Wildman–Crippen MR) is 125 cm³/mol. The summed E-state index contributed by atoms with van der Waals surface area (Å²) in [5, 5.41) is 0. The van der Waals surface area contributed by atoms with E-state index in [4.69, 9.17) is 14.0 Å². The molecule has 7 nitrogen and oxygen atoms in total. The van der Waals surface area contributed by atoms with Gasteiger partial charge < -0.3 is 23.8 Å². The second-order valence-corrected chi connectivity index (χ2v) is 11.0. The molecule has 2 fully saturated rings. The lowest BCUT2D eigenvalue weighted by Crippen LogP contribution is -2.56. The van der Waals surface area contributed by atoms with Crippen molar-refractivity contribution in [3.8, 4) is 0 Å². The van der Waals surface area contributed by atoms with Crippen LogP contribution >= 0.6 is 0 Å². The largest absolute Gasteiger partial charge is 0.497 e. The summed E-state index contributed by atoms with van der Waals surface area (Å²) in [4.78, 5) is 28.8. The van der Waals surface area contributed by atoms with Crippen LogP contribution in [0.15, 0.2) is 18.2 Å². The van der Waals surface area contributed by atoms with Crippen LogP contribution < -0.4 is 5.46 Å². The highest BCUT2D eigenvalue weighted by atomic mass is 19.1. The number of nitrogens with zero attached hydrogens (tertiary/aromatic N) is 2. The highest BCUT2D eigenvalue weighted by molar-refractivity contribution is 6.62. The van der Waals surface area contributed by atoms with Gasteiger partial charge in [0.2, 0.25) is 5.91 Å². The minimum absolute atomic E-state index is 0.0721. The Labute approximate surface area is 196 Å². The maximum absolute atomic E-state index is 14.6. The summed E-state index contributed by atoms with van der Waals surface area (Å²) < 4.78 is 32.0. The van der Waals surface area contributed by atoms with Crippen LogP contribution in [0.1, 0.15) is 61.0 Å². The molecule has 2 aliphatic heterocycles. The summed E-state index contributed by atoms with van der Waals surface area (Å²) in [5.41, 5.74) is -0.753. The van der Waals surface area contributed by atoms with E-state index >= 15 is 0 Å². The van der Waals surface area contributed by atoms with Crippen molar-refractivity contribution in [2.45, 2.75) is 84.7 Å². The number of benzene rings is 1. The van der Waals surface area contributed by atoms with Gasteiger partial charge in [-0.3, -0.25) is 4.79 Å². The molecule has 0 aromatic heterocycles. The molecule has 0 saturated carbocycles. The molecule has 2 saturated heterocycles. The average Bonchev–Trinajstić information content (AvgIpc) is 2.88. The summed E-state index contributed by atoms with van der Waals surface area (Å²) in [7, 11) is -0.831. The van der Waals surface area contributed by atoms with Gasteiger partial charge in [0.15, 0.2) is 0 Å². The van der Waals surface area contributed by atoms with Crippen LogP contribution in [0.2, 0.25) is 0 Å².